The van der Waals surface area contributed by atoms with Crippen LogP contribution in [0.3, 0.4) is 0 Å². The second-order valence-electron chi connectivity index (χ2n) is 0. The maximum atomic E-state index is 0. The Balaban J connectivity index is 0. The quantitative estimate of drug-likeness (QED) is 0.462. The molecule has 0 unspecified atom stereocenters. The van der Waals surface area contributed by atoms with Gasteiger partial charge in [0.25, 0.3) is 0 Å². The van der Waals surface area contributed by atoms with Gasteiger partial charge in [-0.3, -0.25) is 0 Å². The molecule has 0 aliphatic carbocycles. The molecule has 1 nitrogen and oxygen atoms in total. The molecule has 0 saturated heterocycles. The van der Waals surface area contributed by atoms with E-state index in [1.54, 1.807) is 0 Å². The van der Waals surface area contributed by atoms with E-state index in [1.165, 1.54) is 0 Å². The van der Waals surface area contributed by atoms with Gasteiger partial charge in [0.1, 0.15) is 0 Å². The minimum absolute atomic E-state index is 0. The van der Waals surface area contributed by atoms with Crippen LogP contribution < -0.4 is 0 Å². The van der Waals surface area contributed by atoms with Crippen molar-refractivity contribution < 1.29 is 5.48 Å². The fourth-order valence-electron chi connectivity index (χ4n) is 0. The van der Waals surface area contributed by atoms with Crippen LogP contribution in [0.25, 0.3) is 0 Å². The van der Waals surface area contributed by atoms with Gasteiger partial charge >= 0.3 is 0 Å². The van der Waals surface area contributed by atoms with Crippen molar-refractivity contribution in [2.75, 3.05) is 0 Å². The molecule has 0 aliphatic rings. The SMILES string of the molecule is O.[Ba].[Ca].[Sr]. The van der Waals surface area contributed by atoms with Crippen LogP contribution in [0, 0.1) is 0 Å². The third kappa shape index (κ3) is 9.55. The molecule has 0 aromatic carbocycles. The van der Waals surface area contributed by atoms with Gasteiger partial charge in [-0.15, -0.1) is 0 Å². The van der Waals surface area contributed by atoms with Crippen molar-refractivity contribution in [3.63, 3.8) is 0 Å². The van der Waals surface area contributed by atoms with E-state index < -0.39 is 0 Å². The molecule has 6 radical (unpaired) electrons. The maximum Gasteiger partial charge on any atom is 0 e. The molecule has 2 N–H and O–H groups in total. The monoisotopic (exact) mass is 284 g/mol. The molecule has 0 rings (SSSR count). The van der Waals surface area contributed by atoms with Gasteiger partial charge in [0, 0.05) is 132 Å². The Kier molecular flexibility index (Phi) is 93.9. The van der Waals surface area contributed by atoms with Crippen LogP contribution in [0.4, 0.5) is 0 Å². The van der Waals surface area contributed by atoms with Crippen LogP contribution in [0.1, 0.15) is 0 Å². The van der Waals surface area contributed by atoms with Crippen molar-refractivity contribution in [1.82, 2.24) is 0 Å². The largest absolute Gasteiger partial charge is 0.412 e. The molecule has 4 heteroatoms. The van der Waals surface area contributed by atoms with Crippen molar-refractivity contribution in [3.05, 3.63) is 0 Å². The Morgan fingerprint density at radius 2 is 1.00 bits per heavy atom. The van der Waals surface area contributed by atoms with Gasteiger partial charge in [-0.25, -0.2) is 0 Å². The molecular weight excluding hydrogens is 281 g/mol. The Bertz CT molecular complexity index is 8.00. The molecule has 0 atom stereocenters. The van der Waals surface area contributed by atoms with E-state index in [-0.39, 0.29) is 138 Å². The third-order valence-electron chi connectivity index (χ3n) is 0. The molecule has 0 fully saturated rings. The molecule has 14 valence electrons. The molecule has 0 aromatic heterocycles. The molecule has 0 bridgehead atoms. The van der Waals surface area contributed by atoms with Gasteiger partial charge in [0.05, 0.1) is 0 Å². The summed E-state index contributed by atoms with van der Waals surface area (Å²) in [5.74, 6) is 0. The summed E-state index contributed by atoms with van der Waals surface area (Å²) in [6.07, 6.45) is 0. The van der Waals surface area contributed by atoms with E-state index in [2.05, 4.69) is 0 Å². The van der Waals surface area contributed by atoms with Crippen LogP contribution in [0.2, 0.25) is 0 Å². The summed E-state index contributed by atoms with van der Waals surface area (Å²) in [7, 11) is 0. The zero-order valence-electron chi connectivity index (χ0n) is 2.62. The van der Waals surface area contributed by atoms with E-state index >= 15 is 0 Å². The van der Waals surface area contributed by atoms with Gasteiger partial charge in [0.15, 0.2) is 0 Å². The number of rotatable bonds is 0. The number of hydrogen-bond donors (Lipinski definition) is 0. The van der Waals surface area contributed by atoms with Crippen LogP contribution in [-0.2, 0) is 0 Å². The number of hydrogen-bond acceptors (Lipinski definition) is 0. The first kappa shape index (κ1) is 24.0. The predicted molar refractivity (Wildman–Crippen MR) is 20.9 cm³/mol. The van der Waals surface area contributed by atoms with E-state index in [1.807, 2.05) is 0 Å². The minimum atomic E-state index is 0. The van der Waals surface area contributed by atoms with Crippen LogP contribution in [0.15, 0.2) is 0 Å². The van der Waals surface area contributed by atoms with Crippen LogP contribution >= 0.6 is 0 Å². The molecule has 0 aliphatic heterocycles. The Hall–Kier alpha value is 4.27. The van der Waals surface area contributed by atoms with Crippen molar-refractivity contribution in [2.45, 2.75) is 0 Å². The van der Waals surface area contributed by atoms with Crippen molar-refractivity contribution in [1.29, 1.82) is 0 Å². The smallest absolute Gasteiger partial charge is 0 e. The molecular formula is H2BaCaOSr. The third-order valence-corrected chi connectivity index (χ3v) is 0. The summed E-state index contributed by atoms with van der Waals surface area (Å²) in [5.41, 5.74) is 0. The summed E-state index contributed by atoms with van der Waals surface area (Å²) in [4.78, 5) is 0. The molecule has 0 spiro atoms. The zero-order chi connectivity index (χ0) is 0. The Morgan fingerprint density at radius 1 is 1.00 bits per heavy atom. The van der Waals surface area contributed by atoms with Crippen molar-refractivity contribution >= 4 is 132 Å². The first-order valence-electron chi connectivity index (χ1n) is 0. The second-order valence-corrected chi connectivity index (χ2v) is 0. The standard InChI is InChI=1S/Ba.Ca.H2O.Sr/h;;1H2;. The summed E-state index contributed by atoms with van der Waals surface area (Å²) >= 11 is 0. The second kappa shape index (κ2) is 15.7. The first-order chi connectivity index (χ1) is 0. The van der Waals surface area contributed by atoms with Gasteiger partial charge in [-0.1, -0.05) is 0 Å². The zero-order valence-corrected chi connectivity index (χ0v) is 12.7. The summed E-state index contributed by atoms with van der Waals surface area (Å²) in [6, 6.07) is 0. The van der Waals surface area contributed by atoms with E-state index in [9.17, 15) is 0 Å². The van der Waals surface area contributed by atoms with Gasteiger partial charge in [-0.05, 0) is 0 Å². The predicted octanol–water partition coefficient (Wildman–Crippen LogP) is -1.97. The minimum Gasteiger partial charge on any atom is -0.412 e. The van der Waals surface area contributed by atoms with E-state index in [4.69, 9.17) is 0 Å². The summed E-state index contributed by atoms with van der Waals surface area (Å²) < 4.78 is 0. The maximum absolute atomic E-state index is 0. The summed E-state index contributed by atoms with van der Waals surface area (Å²) in [5, 5.41) is 0. The normalized spacial score (nSPS) is 0. The molecule has 0 amide bonds. The Morgan fingerprint density at radius 3 is 1.00 bits per heavy atom. The van der Waals surface area contributed by atoms with Gasteiger partial charge < -0.3 is 5.48 Å². The first-order valence-corrected chi connectivity index (χ1v) is 0. The van der Waals surface area contributed by atoms with Crippen LogP contribution in [0.5, 0.6) is 0 Å². The summed E-state index contributed by atoms with van der Waals surface area (Å²) in [6.45, 7) is 0. The Labute approximate surface area is 133 Å². The molecule has 4 heavy (non-hydrogen) atoms. The average molecular weight is 283 g/mol. The average Bonchev–Trinajstić information content (AvgIpc) is 0. The van der Waals surface area contributed by atoms with Gasteiger partial charge in [-0.2, -0.15) is 0 Å². The fourth-order valence-corrected chi connectivity index (χ4v) is 0. The van der Waals surface area contributed by atoms with Crippen LogP contribution in [-0.4, -0.2) is 138 Å². The van der Waals surface area contributed by atoms with Crippen molar-refractivity contribution in [2.24, 2.45) is 0 Å². The molecule has 0 saturated carbocycles. The van der Waals surface area contributed by atoms with E-state index in [0.717, 1.165) is 0 Å². The molecule has 0 aromatic rings. The van der Waals surface area contributed by atoms with Gasteiger partial charge in [0.2, 0.25) is 0 Å². The van der Waals surface area contributed by atoms with E-state index in [0.29, 0.717) is 0 Å². The topological polar surface area (TPSA) is 31.5 Å². The molecule has 0 heterocycles. The fraction of sp³-hybridized carbons (Fsp3) is 0. The van der Waals surface area contributed by atoms with Crippen molar-refractivity contribution in [3.8, 4) is 0 Å².